The number of benzene rings is 21. The normalized spacial score (nSPS) is 13.6. The first-order valence-electron chi connectivity index (χ1n) is 49.0. The van der Waals surface area contributed by atoms with Gasteiger partial charge in [-0.25, -0.2) is 0 Å². The van der Waals surface area contributed by atoms with Crippen LogP contribution < -0.4 is 70.6 Å². The zero-order valence-electron chi connectivity index (χ0n) is 77.6. The van der Waals surface area contributed by atoms with E-state index in [0.717, 1.165) is 123 Å². The molecule has 10 nitrogen and oxygen atoms in total. The molecule has 14 heteroatoms. The summed E-state index contributed by atoms with van der Waals surface area (Å²) >= 11 is 0.300. The van der Waals surface area contributed by atoms with E-state index < -0.39 is 16.1 Å². The van der Waals surface area contributed by atoms with Crippen LogP contribution in [0.4, 0.5) is 68.2 Å². The Hall–Kier alpha value is -17.4. The second-order valence-electron chi connectivity index (χ2n) is 37.6. The summed E-state index contributed by atoms with van der Waals surface area (Å²) in [7, 11) is -6.01. The van der Waals surface area contributed by atoms with Crippen LogP contribution in [0.25, 0.3) is 126 Å². The number of para-hydroxylation sites is 8. The van der Waals surface area contributed by atoms with Crippen LogP contribution in [0.15, 0.2) is 498 Å². The third-order valence-corrected chi connectivity index (χ3v) is 44.8. The molecule has 0 radical (unpaired) electrons. The molecular weight excluding hydrogens is 1920 g/mol. The molecule has 144 heavy (non-hydrogen) atoms. The molecule has 0 spiro atoms. The fraction of sp³-hybridized carbons (Fsp3) is 0. The summed E-state index contributed by atoms with van der Waals surface area (Å²) in [5.74, 6) is 3.18. The van der Waals surface area contributed by atoms with Crippen LogP contribution >= 0.6 is 0 Å². The van der Waals surface area contributed by atoms with E-state index in [9.17, 15) is 0 Å². The molecule has 6 aromatic heterocycles. The molecule has 0 fully saturated rings. The van der Waals surface area contributed by atoms with E-state index in [1.54, 1.807) is 0 Å². The average molecular weight is 2000 g/mol. The standard InChI is InChI=1S/C74H48N2Se2Si2.C56H34N6O2/c1-5-25-49(26-6-1)79(50-27-7-2-8-28-50)69-43-23-19-39-61(69)75(63-47-67-59(45-71(63)79)53-33-17-21-41-65(53)77-67)73-55-35-13-15-37-57(55)74(58-38-16-14-36-56(58)73)76-62-40-20-24-44-70(62)80(51-29-9-3-10-30-51,52-31-11-4-12-32-52)72-46-60-54-34-18-22-42-66(54)78-68(60)48-64(72)76;1-3-15-43-39(11-1)41-31-55-51(33-49(41)59(43)35-23-27-57-28-24-35)61(47-17-5-7-21-53(47)63-55)45-19-9-14-38-37(45)13-10-20-46(38)62-48-18-6-8-22-54(48)64-56-32-42-40-12-2-4-16-44(40)60(50(42)34-52(56)62)36-25-29-58-30-26-36/h1-48H;1-34H. The molecule has 0 amide bonds. The van der Waals surface area contributed by atoms with Gasteiger partial charge in [-0.1, -0.05) is 84.9 Å². The van der Waals surface area contributed by atoms with Gasteiger partial charge in [0.2, 0.25) is 0 Å². The summed E-state index contributed by atoms with van der Waals surface area (Å²) in [6.07, 6.45) is 7.40. The van der Waals surface area contributed by atoms with Crippen LogP contribution in [-0.4, -0.2) is 64.3 Å². The molecule has 0 saturated heterocycles. The van der Waals surface area contributed by atoms with E-state index in [4.69, 9.17) is 9.47 Å². The predicted molar refractivity (Wildman–Crippen MR) is 607 cm³/mol. The third kappa shape index (κ3) is 12.1. The second-order valence-corrected chi connectivity index (χ2v) is 49.6. The van der Waals surface area contributed by atoms with Crippen molar-refractivity contribution in [1.29, 1.82) is 0 Å². The van der Waals surface area contributed by atoms with Gasteiger partial charge in [-0.15, -0.1) is 0 Å². The van der Waals surface area contributed by atoms with Crippen molar-refractivity contribution in [2.45, 2.75) is 0 Å². The van der Waals surface area contributed by atoms with Gasteiger partial charge in [-0.3, -0.25) is 9.97 Å². The number of ether oxygens (including phenoxy) is 2. The van der Waals surface area contributed by atoms with Crippen molar-refractivity contribution in [3.63, 3.8) is 0 Å². The van der Waals surface area contributed by atoms with Crippen LogP contribution in [0.3, 0.4) is 0 Å². The largest absolute Gasteiger partial charge is 0.453 e. The van der Waals surface area contributed by atoms with E-state index in [0.29, 0.717) is 0 Å². The second kappa shape index (κ2) is 32.6. The Balaban J connectivity index is 0.000000137. The summed E-state index contributed by atoms with van der Waals surface area (Å²) in [6.45, 7) is 0. The van der Waals surface area contributed by atoms with E-state index in [1.807, 2.05) is 36.9 Å². The van der Waals surface area contributed by atoms with Gasteiger partial charge in [-0.05, 0) is 97.1 Å². The molecule has 4 aliphatic heterocycles. The van der Waals surface area contributed by atoms with Crippen LogP contribution in [0.5, 0.6) is 23.0 Å². The first-order valence-corrected chi connectivity index (χ1v) is 56.4. The van der Waals surface area contributed by atoms with Crippen molar-refractivity contribution in [3.8, 4) is 34.4 Å². The van der Waals surface area contributed by atoms with Crippen molar-refractivity contribution in [3.05, 3.63) is 498 Å². The van der Waals surface area contributed by atoms with Gasteiger partial charge in [-0.2, -0.15) is 0 Å². The summed E-state index contributed by atoms with van der Waals surface area (Å²) in [4.78, 5) is 18.8. The Labute approximate surface area is 843 Å². The first-order chi connectivity index (χ1) is 71.5. The van der Waals surface area contributed by atoms with E-state index >= 15 is 0 Å². The maximum atomic E-state index is 6.82. The molecule has 0 unspecified atom stereocenters. The molecule has 0 atom stereocenters. The van der Waals surface area contributed by atoms with Crippen molar-refractivity contribution in [1.82, 2.24) is 19.1 Å². The number of hydrogen-bond acceptors (Lipinski definition) is 8. The predicted octanol–water partition coefficient (Wildman–Crippen LogP) is 28.0. The number of rotatable bonds is 10. The summed E-state index contributed by atoms with van der Waals surface area (Å²) in [6, 6.07) is 177. The molecule has 21 aromatic carbocycles. The Morgan fingerprint density at radius 1 is 0.181 bits per heavy atom. The quantitative estimate of drug-likeness (QED) is 0.0991. The Kier molecular flexibility index (Phi) is 18.7. The maximum Gasteiger partial charge on any atom is 0.152 e. The minimum atomic E-state index is -3.01. The molecular formula is C130H82N8O2Se2Si2. The third-order valence-electron chi connectivity index (χ3n) is 30.4. The summed E-state index contributed by atoms with van der Waals surface area (Å²) in [5, 5.41) is 28.4. The van der Waals surface area contributed by atoms with Gasteiger partial charge < -0.3 is 28.4 Å². The number of aromatic nitrogens is 4. The fourth-order valence-corrected chi connectivity index (χ4v) is 39.5. The maximum absolute atomic E-state index is 6.82. The molecule has 0 aliphatic carbocycles. The molecule has 31 rings (SSSR count). The topological polar surface area (TPSA) is 67.1 Å². The van der Waals surface area contributed by atoms with Gasteiger partial charge in [0.25, 0.3) is 0 Å². The van der Waals surface area contributed by atoms with Crippen molar-refractivity contribution < 1.29 is 9.47 Å². The molecule has 0 N–H and O–H groups in total. The molecule has 27 aromatic rings. The van der Waals surface area contributed by atoms with Gasteiger partial charge >= 0.3 is 482 Å². The molecule has 0 bridgehead atoms. The first kappa shape index (κ1) is 82.5. The number of fused-ring (bicyclic) bond motifs is 23. The van der Waals surface area contributed by atoms with Gasteiger partial charge in [0.15, 0.2) is 23.0 Å². The van der Waals surface area contributed by atoms with E-state index in [1.165, 1.54) is 136 Å². The molecule has 674 valence electrons. The number of hydrogen-bond donors (Lipinski definition) is 0. The number of nitrogens with zero attached hydrogens (tertiary/aromatic N) is 8. The van der Waals surface area contributed by atoms with Gasteiger partial charge in [0.1, 0.15) is 0 Å². The fourth-order valence-electron chi connectivity index (χ4n) is 24.6. The SMILES string of the molecule is c1ccc([Si]2(c3ccccc3)c3ccccc3N(c3c4ccccc4c(N4c5ccccc5[Si](c5ccccc5)(c5ccccc5)c5cc6c(cc54)[se]c4ccccc46)c4ccccc34)c3cc4[se]c5ccccc5c4cc32)cc1.c1ccc2c(c1)Oc1cc3c4ccccc4n(-c4ccncc4)c3cc1N2c1cccc2c(N3c4ccccc4Oc4cc5c6ccccc6n(-c6ccncc6)c5cc43)cccc12. The smallest absolute Gasteiger partial charge is 0.152 e. The van der Waals surface area contributed by atoms with Crippen LogP contribution in [0.2, 0.25) is 0 Å². The van der Waals surface area contributed by atoms with Crippen molar-refractivity contribution >= 4 is 269 Å². The zero-order valence-corrected chi connectivity index (χ0v) is 83.0. The Bertz CT molecular complexity index is 9290. The summed E-state index contributed by atoms with van der Waals surface area (Å²) in [5.41, 5.74) is 19.9. The van der Waals surface area contributed by atoms with Gasteiger partial charge in [0.05, 0.1) is 56.2 Å². The van der Waals surface area contributed by atoms with Crippen LogP contribution in [0, 0.1) is 0 Å². The Morgan fingerprint density at radius 2 is 0.493 bits per heavy atom. The molecule has 10 heterocycles. The monoisotopic (exact) mass is 2000 g/mol. The molecule has 4 aliphatic rings. The van der Waals surface area contributed by atoms with Gasteiger partial charge in [0, 0.05) is 68.5 Å². The number of anilines is 12. The van der Waals surface area contributed by atoms with Crippen LogP contribution in [0.1, 0.15) is 0 Å². The minimum absolute atomic E-state index is 0.150. The summed E-state index contributed by atoms with van der Waals surface area (Å²) < 4.78 is 24.1. The van der Waals surface area contributed by atoms with Crippen molar-refractivity contribution in [2.75, 3.05) is 19.6 Å². The van der Waals surface area contributed by atoms with Crippen LogP contribution in [-0.2, 0) is 0 Å². The van der Waals surface area contributed by atoms with E-state index in [2.05, 4.69) is 500 Å². The zero-order chi connectivity index (χ0) is 94.4. The van der Waals surface area contributed by atoms with Crippen molar-refractivity contribution in [2.24, 2.45) is 0 Å². The molecule has 0 saturated carbocycles. The minimum Gasteiger partial charge on any atom is -0.453 e. The number of pyridine rings is 2. The Morgan fingerprint density at radius 3 is 0.882 bits per heavy atom. The average Bonchev–Trinajstić information content (AvgIpc) is 0.739. The van der Waals surface area contributed by atoms with E-state index in [-0.39, 0.29) is 29.0 Å².